The van der Waals surface area contributed by atoms with Crippen molar-refractivity contribution in [3.63, 3.8) is 0 Å². The van der Waals surface area contributed by atoms with Crippen molar-refractivity contribution in [2.24, 2.45) is 0 Å². The van der Waals surface area contributed by atoms with E-state index in [1.54, 1.807) is 12.1 Å². The van der Waals surface area contributed by atoms with Crippen LogP contribution in [-0.2, 0) is 12.8 Å². The number of phenolic OH excluding ortho intramolecular Hbond substituents is 2. The van der Waals surface area contributed by atoms with Crippen LogP contribution in [0.1, 0.15) is 28.3 Å². The van der Waals surface area contributed by atoms with Gasteiger partial charge in [-0.15, -0.1) is 0 Å². The smallest absolute Gasteiger partial charge is 0.157 e. The van der Waals surface area contributed by atoms with Crippen molar-refractivity contribution >= 4 is 0 Å². The van der Waals surface area contributed by atoms with Crippen LogP contribution in [0.5, 0.6) is 11.5 Å². The molecule has 3 heteroatoms. The summed E-state index contributed by atoms with van der Waals surface area (Å²) in [7, 11) is 0. The van der Waals surface area contributed by atoms with E-state index in [0.717, 1.165) is 37.1 Å². The number of benzene rings is 2. The summed E-state index contributed by atoms with van der Waals surface area (Å²) >= 11 is 0. The fourth-order valence-corrected chi connectivity index (χ4v) is 3.59. The molecule has 0 aromatic heterocycles. The van der Waals surface area contributed by atoms with Gasteiger partial charge >= 0.3 is 0 Å². The Morgan fingerprint density at radius 1 is 0.850 bits per heavy atom. The van der Waals surface area contributed by atoms with Gasteiger partial charge in [-0.3, -0.25) is 4.90 Å². The molecule has 2 aromatic carbocycles. The Bertz CT molecular complexity index is 681. The first-order valence-corrected chi connectivity index (χ1v) is 7.10. The number of fused-ring (bicyclic) bond motifs is 5. The third kappa shape index (κ3) is 1.63. The first-order valence-electron chi connectivity index (χ1n) is 7.10. The second-order valence-corrected chi connectivity index (χ2v) is 5.68. The maximum Gasteiger partial charge on any atom is 0.157 e. The molecule has 0 saturated carbocycles. The summed E-state index contributed by atoms with van der Waals surface area (Å²) in [5.41, 5.74) is 5.02. The van der Waals surface area contributed by atoms with Gasteiger partial charge in [0.25, 0.3) is 0 Å². The average Bonchev–Trinajstić information content (AvgIpc) is 2.48. The number of nitrogens with zero attached hydrogens (tertiary/aromatic N) is 1. The third-order valence-electron chi connectivity index (χ3n) is 4.58. The zero-order valence-corrected chi connectivity index (χ0v) is 11.2. The van der Waals surface area contributed by atoms with E-state index in [1.165, 1.54) is 11.1 Å². The van der Waals surface area contributed by atoms with Gasteiger partial charge < -0.3 is 10.2 Å². The number of phenols is 2. The highest BCUT2D eigenvalue weighted by Gasteiger charge is 2.33. The van der Waals surface area contributed by atoms with Crippen LogP contribution in [0.4, 0.5) is 0 Å². The van der Waals surface area contributed by atoms with Crippen LogP contribution in [0.15, 0.2) is 36.4 Å². The van der Waals surface area contributed by atoms with Crippen molar-refractivity contribution in [1.82, 2.24) is 4.90 Å². The highest BCUT2D eigenvalue weighted by Crippen LogP contribution is 2.42. The molecule has 0 radical (unpaired) electrons. The van der Waals surface area contributed by atoms with Gasteiger partial charge in [0.1, 0.15) is 0 Å². The van der Waals surface area contributed by atoms with Crippen LogP contribution in [-0.4, -0.2) is 28.2 Å². The monoisotopic (exact) mass is 267 g/mol. The predicted octanol–water partition coefficient (Wildman–Crippen LogP) is 2.60. The Morgan fingerprint density at radius 3 is 2.40 bits per heavy atom. The van der Waals surface area contributed by atoms with Crippen LogP contribution in [0, 0.1) is 0 Å². The summed E-state index contributed by atoms with van der Waals surface area (Å²) < 4.78 is 0. The van der Waals surface area contributed by atoms with Crippen LogP contribution in [0.3, 0.4) is 0 Å². The summed E-state index contributed by atoms with van der Waals surface area (Å²) in [6, 6.07) is 12.2. The van der Waals surface area contributed by atoms with Crippen LogP contribution >= 0.6 is 0 Å². The number of hydrogen-bond acceptors (Lipinski definition) is 3. The standard InChI is InChI=1S/C17H17NO2/c19-15-9-12-6-8-18-7-5-11-3-1-2-4-13(11)17(18)14(12)10-16(15)20/h1-4,9-10,17,19-20H,5-8H2/t17-/m1/s1. The molecule has 2 N–H and O–H groups in total. The zero-order chi connectivity index (χ0) is 13.7. The molecule has 0 spiro atoms. The minimum Gasteiger partial charge on any atom is -0.504 e. The van der Waals surface area contributed by atoms with Crippen molar-refractivity contribution in [3.8, 4) is 11.5 Å². The fourth-order valence-electron chi connectivity index (χ4n) is 3.59. The van der Waals surface area contributed by atoms with Crippen LogP contribution in [0.2, 0.25) is 0 Å². The Balaban J connectivity index is 1.92. The van der Waals surface area contributed by atoms with Crippen molar-refractivity contribution in [2.75, 3.05) is 13.1 Å². The molecule has 102 valence electrons. The molecule has 2 aliphatic rings. The second-order valence-electron chi connectivity index (χ2n) is 5.68. The lowest BCUT2D eigenvalue weighted by Gasteiger charge is -2.41. The fraction of sp³-hybridized carbons (Fsp3) is 0.294. The molecule has 2 heterocycles. The predicted molar refractivity (Wildman–Crippen MR) is 77.0 cm³/mol. The first-order chi connectivity index (χ1) is 9.74. The molecule has 2 aliphatic heterocycles. The van der Waals surface area contributed by atoms with Gasteiger partial charge in [-0.1, -0.05) is 24.3 Å². The highest BCUT2D eigenvalue weighted by atomic mass is 16.3. The van der Waals surface area contributed by atoms with E-state index in [1.807, 2.05) is 0 Å². The Labute approximate surface area is 118 Å². The molecule has 0 bridgehead atoms. The van der Waals surface area contributed by atoms with E-state index in [9.17, 15) is 10.2 Å². The van der Waals surface area contributed by atoms with Crippen molar-refractivity contribution < 1.29 is 10.2 Å². The normalized spacial score (nSPS) is 20.9. The van der Waals surface area contributed by atoms with Crippen molar-refractivity contribution in [2.45, 2.75) is 18.9 Å². The summed E-state index contributed by atoms with van der Waals surface area (Å²) in [6.07, 6.45) is 2.02. The molecule has 0 saturated heterocycles. The van der Waals surface area contributed by atoms with Crippen LogP contribution < -0.4 is 0 Å². The van der Waals surface area contributed by atoms with Gasteiger partial charge in [-0.05, 0) is 47.2 Å². The van der Waals surface area contributed by atoms with E-state index < -0.39 is 0 Å². The molecular formula is C17H17NO2. The molecule has 20 heavy (non-hydrogen) atoms. The Kier molecular flexibility index (Phi) is 2.51. The SMILES string of the molecule is Oc1cc2c(cc1O)[C@H]1c3ccccc3CCN1CC2. The van der Waals surface area contributed by atoms with Crippen molar-refractivity contribution in [1.29, 1.82) is 0 Å². The van der Waals surface area contributed by atoms with E-state index in [-0.39, 0.29) is 17.5 Å². The molecule has 0 aliphatic carbocycles. The average molecular weight is 267 g/mol. The van der Waals surface area contributed by atoms with E-state index in [4.69, 9.17) is 0 Å². The third-order valence-corrected chi connectivity index (χ3v) is 4.58. The molecule has 0 fully saturated rings. The van der Waals surface area contributed by atoms with Gasteiger partial charge in [0.05, 0.1) is 6.04 Å². The lowest BCUT2D eigenvalue weighted by Crippen LogP contribution is -2.40. The van der Waals surface area contributed by atoms with E-state index in [0.29, 0.717) is 0 Å². The lowest BCUT2D eigenvalue weighted by atomic mass is 9.82. The van der Waals surface area contributed by atoms with Gasteiger partial charge in [-0.2, -0.15) is 0 Å². The Morgan fingerprint density at radius 2 is 1.55 bits per heavy atom. The van der Waals surface area contributed by atoms with E-state index in [2.05, 4.69) is 29.2 Å². The molecular weight excluding hydrogens is 250 g/mol. The molecule has 0 amide bonds. The quantitative estimate of drug-likeness (QED) is 0.721. The molecule has 1 atom stereocenters. The number of hydrogen-bond donors (Lipinski definition) is 2. The summed E-state index contributed by atoms with van der Waals surface area (Å²) in [6.45, 7) is 2.07. The summed E-state index contributed by atoms with van der Waals surface area (Å²) in [4.78, 5) is 2.47. The zero-order valence-electron chi connectivity index (χ0n) is 11.2. The van der Waals surface area contributed by atoms with Gasteiger partial charge in [0, 0.05) is 13.1 Å². The lowest BCUT2D eigenvalue weighted by molar-refractivity contribution is 0.201. The van der Waals surface area contributed by atoms with Crippen molar-refractivity contribution in [3.05, 3.63) is 58.7 Å². The van der Waals surface area contributed by atoms with Gasteiger partial charge in [-0.25, -0.2) is 0 Å². The minimum atomic E-state index is -0.0198. The Hall–Kier alpha value is -2.00. The van der Waals surface area contributed by atoms with Gasteiger partial charge in [0.15, 0.2) is 11.5 Å². The largest absolute Gasteiger partial charge is 0.504 e. The first kappa shape index (κ1) is 11.8. The molecule has 0 unspecified atom stereocenters. The molecule has 3 nitrogen and oxygen atoms in total. The minimum absolute atomic E-state index is 0.0127. The van der Waals surface area contributed by atoms with Crippen LogP contribution in [0.25, 0.3) is 0 Å². The highest BCUT2D eigenvalue weighted by molar-refractivity contribution is 5.51. The number of rotatable bonds is 0. The summed E-state index contributed by atoms with van der Waals surface area (Å²) in [5, 5.41) is 19.5. The van der Waals surface area contributed by atoms with E-state index >= 15 is 0 Å². The maximum absolute atomic E-state index is 9.85. The van der Waals surface area contributed by atoms with Gasteiger partial charge in [0.2, 0.25) is 0 Å². The number of aromatic hydroxyl groups is 2. The molecule has 4 rings (SSSR count). The maximum atomic E-state index is 9.85. The molecule has 2 aromatic rings. The summed E-state index contributed by atoms with van der Waals surface area (Å²) in [5.74, 6) is -0.0325. The topological polar surface area (TPSA) is 43.7 Å². The second kappa shape index (κ2) is 4.25.